The Kier molecular flexibility index (Phi) is 6.92. The first-order valence-corrected chi connectivity index (χ1v) is 11.1. The summed E-state index contributed by atoms with van der Waals surface area (Å²) in [5.41, 5.74) is 2.84. The highest BCUT2D eigenvalue weighted by atomic mass is 19.4. The van der Waals surface area contributed by atoms with E-state index in [1.807, 2.05) is 35.2 Å². The molecule has 1 saturated heterocycles. The normalized spacial score (nSPS) is 18.5. The van der Waals surface area contributed by atoms with Crippen LogP contribution in [0.5, 0.6) is 5.75 Å². The van der Waals surface area contributed by atoms with E-state index < -0.39 is 6.36 Å². The van der Waals surface area contributed by atoms with Gasteiger partial charge in [-0.25, -0.2) is 0 Å². The minimum absolute atomic E-state index is 0.00495. The maximum Gasteiger partial charge on any atom is 0.573 e. The van der Waals surface area contributed by atoms with Crippen LogP contribution in [0, 0.1) is 0 Å². The third-order valence-corrected chi connectivity index (χ3v) is 6.13. The van der Waals surface area contributed by atoms with E-state index in [4.69, 9.17) is 0 Å². The lowest BCUT2D eigenvalue weighted by molar-refractivity contribution is -0.274. The summed E-state index contributed by atoms with van der Waals surface area (Å²) in [6, 6.07) is 13.3. The van der Waals surface area contributed by atoms with Gasteiger partial charge in [0.15, 0.2) is 0 Å². The molecule has 34 heavy (non-hydrogen) atoms. The molecule has 6 nitrogen and oxygen atoms in total. The smallest absolute Gasteiger partial charge is 0.406 e. The molecule has 2 amide bonds. The van der Waals surface area contributed by atoms with Crippen molar-refractivity contribution < 1.29 is 27.5 Å². The zero-order chi connectivity index (χ0) is 24.3. The summed E-state index contributed by atoms with van der Waals surface area (Å²) in [6.45, 7) is 4.49. The molecule has 1 atom stereocenters. The molecule has 0 bridgehead atoms. The van der Waals surface area contributed by atoms with E-state index in [0.717, 1.165) is 16.7 Å². The molecule has 2 aliphatic rings. The summed E-state index contributed by atoms with van der Waals surface area (Å²) in [5.74, 6) is -0.361. The molecule has 0 aromatic heterocycles. The van der Waals surface area contributed by atoms with E-state index in [2.05, 4.69) is 9.64 Å². The number of carbonyl (C=O) groups is 2. The molecule has 0 saturated carbocycles. The number of halogens is 3. The number of alkyl halides is 3. The number of rotatable bonds is 5. The van der Waals surface area contributed by atoms with E-state index in [1.165, 1.54) is 19.1 Å². The number of fused-ring (bicyclic) bond motifs is 1. The van der Waals surface area contributed by atoms with Crippen LogP contribution in [0.2, 0.25) is 0 Å². The second-order valence-corrected chi connectivity index (χ2v) is 8.44. The second-order valence-electron chi connectivity index (χ2n) is 8.44. The monoisotopic (exact) mass is 473 g/mol. The Morgan fingerprint density at radius 3 is 2.32 bits per heavy atom. The molecule has 1 fully saturated rings. The summed E-state index contributed by atoms with van der Waals surface area (Å²) >= 11 is 0. The highest BCUT2D eigenvalue weighted by molar-refractivity contribution is 5.82. The molecule has 2 aromatic rings. The van der Waals surface area contributed by atoms with Gasteiger partial charge in [-0.15, -0.1) is 13.2 Å². The molecular weight excluding hydrogens is 447 g/mol. The fraction of sp³-hybridized carbons (Fsp3) is 0.360. The molecule has 0 radical (unpaired) electrons. The van der Waals surface area contributed by atoms with Gasteiger partial charge in [-0.2, -0.15) is 0 Å². The first kappa shape index (κ1) is 23.8. The van der Waals surface area contributed by atoms with Crippen molar-refractivity contribution in [2.75, 3.05) is 26.2 Å². The lowest BCUT2D eigenvalue weighted by Crippen LogP contribution is -2.49. The Balaban J connectivity index is 1.32. The quantitative estimate of drug-likeness (QED) is 0.654. The molecule has 4 rings (SSSR count). The first-order valence-electron chi connectivity index (χ1n) is 11.1. The van der Waals surface area contributed by atoms with Crippen molar-refractivity contribution >= 4 is 17.9 Å². The fourth-order valence-corrected chi connectivity index (χ4v) is 4.42. The third kappa shape index (κ3) is 5.77. The van der Waals surface area contributed by atoms with Crippen LogP contribution in [0.3, 0.4) is 0 Å². The number of benzene rings is 2. The van der Waals surface area contributed by atoms with E-state index in [9.17, 15) is 22.8 Å². The van der Waals surface area contributed by atoms with Gasteiger partial charge < -0.3 is 14.5 Å². The Bertz CT molecular complexity index is 1060. The minimum atomic E-state index is -4.71. The average molecular weight is 473 g/mol. The zero-order valence-corrected chi connectivity index (χ0v) is 18.8. The van der Waals surface area contributed by atoms with Gasteiger partial charge in [0.1, 0.15) is 5.75 Å². The zero-order valence-electron chi connectivity index (χ0n) is 18.8. The summed E-state index contributed by atoms with van der Waals surface area (Å²) in [7, 11) is 0. The predicted octanol–water partition coefficient (Wildman–Crippen LogP) is 4.19. The largest absolute Gasteiger partial charge is 0.573 e. The summed E-state index contributed by atoms with van der Waals surface area (Å²) in [4.78, 5) is 30.8. The lowest BCUT2D eigenvalue weighted by atomic mass is 9.93. The Labute approximate surface area is 196 Å². The molecule has 2 aliphatic heterocycles. The number of carbonyl (C=O) groups excluding carboxylic acids is 2. The third-order valence-electron chi connectivity index (χ3n) is 6.13. The van der Waals surface area contributed by atoms with Gasteiger partial charge in [-0.3, -0.25) is 14.5 Å². The molecule has 0 aliphatic carbocycles. The Morgan fingerprint density at radius 1 is 1.00 bits per heavy atom. The minimum Gasteiger partial charge on any atom is -0.406 e. The van der Waals surface area contributed by atoms with Crippen molar-refractivity contribution in [3.63, 3.8) is 0 Å². The number of ether oxygens (including phenoxy) is 1. The van der Waals surface area contributed by atoms with Crippen molar-refractivity contribution in [3.8, 4) is 5.75 Å². The highest BCUT2D eigenvalue weighted by Crippen LogP contribution is 2.33. The summed E-state index contributed by atoms with van der Waals surface area (Å²) in [6.07, 6.45) is -0.868. The average Bonchev–Trinajstić information content (AvgIpc) is 2.80. The Morgan fingerprint density at radius 2 is 1.68 bits per heavy atom. The Hall–Kier alpha value is -3.33. The topological polar surface area (TPSA) is 53.1 Å². The number of piperazine rings is 1. The number of nitrogens with zero attached hydrogens (tertiary/aromatic N) is 3. The molecule has 0 N–H and O–H groups in total. The van der Waals surface area contributed by atoms with Crippen LogP contribution in [0.4, 0.5) is 13.2 Å². The molecule has 9 heteroatoms. The van der Waals surface area contributed by atoms with Crippen molar-refractivity contribution in [1.29, 1.82) is 0 Å². The molecule has 1 unspecified atom stereocenters. The maximum absolute atomic E-state index is 13.1. The predicted molar refractivity (Wildman–Crippen MR) is 120 cm³/mol. The fourth-order valence-electron chi connectivity index (χ4n) is 4.42. The van der Waals surface area contributed by atoms with E-state index in [1.54, 1.807) is 23.2 Å². The van der Waals surface area contributed by atoms with Crippen molar-refractivity contribution in [1.82, 2.24) is 14.7 Å². The van der Waals surface area contributed by atoms with Gasteiger partial charge >= 0.3 is 6.36 Å². The van der Waals surface area contributed by atoms with Gasteiger partial charge in [0.05, 0.1) is 12.5 Å². The number of hydrogen-bond acceptors (Lipinski definition) is 4. The van der Waals surface area contributed by atoms with Crippen molar-refractivity contribution in [3.05, 3.63) is 71.4 Å². The molecule has 0 spiro atoms. The number of hydrogen-bond donors (Lipinski definition) is 0. The molecule has 2 aromatic carbocycles. The van der Waals surface area contributed by atoms with E-state index >= 15 is 0 Å². The van der Waals surface area contributed by atoms with Crippen molar-refractivity contribution in [2.24, 2.45) is 0 Å². The standard InChI is InChI=1S/C25H26F3N3O3/c1-18(32)31-11-10-20-4-2-3-5-22(20)23(31)16-24(33)30-14-12-29(13-15-30)17-19-6-8-21(9-7-19)34-25(26,27)28/h2-11,23H,12-17H2,1H3. The second kappa shape index (κ2) is 9.89. The van der Waals surface area contributed by atoms with Gasteiger partial charge in [0, 0.05) is 45.8 Å². The summed E-state index contributed by atoms with van der Waals surface area (Å²) < 4.78 is 40.8. The van der Waals surface area contributed by atoms with Gasteiger partial charge in [0.2, 0.25) is 11.8 Å². The molecular formula is C25H26F3N3O3. The molecule has 2 heterocycles. The van der Waals surface area contributed by atoms with Crippen LogP contribution >= 0.6 is 0 Å². The summed E-state index contributed by atoms with van der Waals surface area (Å²) in [5, 5.41) is 0. The van der Waals surface area contributed by atoms with Crippen LogP contribution in [0.25, 0.3) is 6.08 Å². The van der Waals surface area contributed by atoms with Gasteiger partial charge in [-0.05, 0) is 34.9 Å². The van der Waals surface area contributed by atoms with Crippen LogP contribution in [0.15, 0.2) is 54.7 Å². The molecule has 180 valence electrons. The van der Waals surface area contributed by atoms with Crippen LogP contribution in [-0.2, 0) is 16.1 Å². The van der Waals surface area contributed by atoms with E-state index in [0.29, 0.717) is 32.7 Å². The van der Waals surface area contributed by atoms with Crippen LogP contribution < -0.4 is 4.74 Å². The van der Waals surface area contributed by atoms with Crippen LogP contribution in [0.1, 0.15) is 36.1 Å². The first-order chi connectivity index (χ1) is 16.2. The highest BCUT2D eigenvalue weighted by Gasteiger charge is 2.32. The lowest BCUT2D eigenvalue weighted by Gasteiger charge is -2.37. The SMILES string of the molecule is CC(=O)N1C=Cc2ccccc2C1CC(=O)N1CCN(Cc2ccc(OC(F)(F)F)cc2)CC1. The van der Waals surface area contributed by atoms with Gasteiger partial charge in [-0.1, -0.05) is 36.4 Å². The van der Waals surface area contributed by atoms with Crippen molar-refractivity contribution in [2.45, 2.75) is 32.3 Å². The van der Waals surface area contributed by atoms with Crippen LogP contribution in [-0.4, -0.2) is 59.1 Å². The maximum atomic E-state index is 13.1. The number of amides is 2. The van der Waals surface area contributed by atoms with Gasteiger partial charge in [0.25, 0.3) is 0 Å². The van der Waals surface area contributed by atoms with E-state index in [-0.39, 0.29) is 30.0 Å².